The van der Waals surface area contributed by atoms with E-state index >= 15 is 0 Å². The van der Waals surface area contributed by atoms with Crippen LogP contribution < -0.4 is 10.0 Å². The Morgan fingerprint density at radius 2 is 1.78 bits per heavy atom. The number of benzene rings is 2. The Kier molecular flexibility index (Phi) is 5.00. The highest BCUT2D eigenvalue weighted by atomic mass is 32.2. The molecule has 27 heavy (non-hydrogen) atoms. The molecule has 0 radical (unpaired) electrons. The Balaban J connectivity index is 1.65. The maximum absolute atomic E-state index is 12.5. The molecule has 144 valence electrons. The van der Waals surface area contributed by atoms with Gasteiger partial charge in [0.15, 0.2) is 0 Å². The number of nitrogens with one attached hydrogen (secondary N) is 2. The maximum Gasteiger partial charge on any atom is 0.416 e. The van der Waals surface area contributed by atoms with Crippen molar-refractivity contribution < 1.29 is 26.4 Å². The van der Waals surface area contributed by atoms with Crippen LogP contribution in [0, 0.1) is 0 Å². The summed E-state index contributed by atoms with van der Waals surface area (Å²) in [5.74, 6) is -0.614. The van der Waals surface area contributed by atoms with Gasteiger partial charge in [0.2, 0.25) is 15.9 Å². The maximum atomic E-state index is 12.5. The average molecular weight is 398 g/mol. The van der Waals surface area contributed by atoms with Gasteiger partial charge < -0.3 is 5.32 Å². The molecule has 2 aromatic rings. The van der Waals surface area contributed by atoms with Gasteiger partial charge in [0.1, 0.15) is 0 Å². The molecule has 2 aromatic carbocycles. The Morgan fingerprint density at radius 1 is 1.11 bits per heavy atom. The van der Waals surface area contributed by atoms with Crippen LogP contribution in [0.4, 0.5) is 18.9 Å². The summed E-state index contributed by atoms with van der Waals surface area (Å²) in [7, 11) is -3.79. The zero-order valence-corrected chi connectivity index (χ0v) is 15.1. The van der Waals surface area contributed by atoms with Gasteiger partial charge in [-0.05, 0) is 54.8 Å². The van der Waals surface area contributed by atoms with Gasteiger partial charge in [-0.3, -0.25) is 4.79 Å². The Hall–Kier alpha value is -2.39. The molecule has 1 amide bonds. The molecule has 5 nitrogen and oxygen atoms in total. The second-order valence-electron chi connectivity index (χ2n) is 6.30. The van der Waals surface area contributed by atoms with Crippen molar-refractivity contribution in [2.24, 2.45) is 0 Å². The van der Waals surface area contributed by atoms with Crippen molar-refractivity contribution in [3.8, 4) is 0 Å². The van der Waals surface area contributed by atoms with E-state index < -0.39 is 27.7 Å². The monoisotopic (exact) mass is 398 g/mol. The Labute approximate surface area is 154 Å². The van der Waals surface area contributed by atoms with E-state index in [4.69, 9.17) is 0 Å². The molecule has 0 spiro atoms. The minimum Gasteiger partial charge on any atom is -0.325 e. The van der Waals surface area contributed by atoms with E-state index in [2.05, 4.69) is 10.0 Å². The van der Waals surface area contributed by atoms with Crippen molar-refractivity contribution in [1.29, 1.82) is 0 Å². The molecule has 0 aromatic heterocycles. The van der Waals surface area contributed by atoms with E-state index in [1.165, 1.54) is 24.3 Å². The summed E-state index contributed by atoms with van der Waals surface area (Å²) in [5, 5.41) is 2.67. The number of anilines is 1. The van der Waals surface area contributed by atoms with E-state index in [-0.39, 0.29) is 23.8 Å². The molecule has 0 saturated heterocycles. The van der Waals surface area contributed by atoms with E-state index in [9.17, 15) is 26.4 Å². The first kappa shape index (κ1) is 19.4. The van der Waals surface area contributed by atoms with Gasteiger partial charge in [-0.2, -0.15) is 13.2 Å². The zero-order valence-electron chi connectivity index (χ0n) is 14.3. The topological polar surface area (TPSA) is 75.3 Å². The van der Waals surface area contributed by atoms with Crippen molar-refractivity contribution in [1.82, 2.24) is 4.72 Å². The van der Waals surface area contributed by atoms with Gasteiger partial charge in [-0.1, -0.05) is 12.1 Å². The first-order valence-electron chi connectivity index (χ1n) is 8.18. The van der Waals surface area contributed by atoms with Crippen molar-refractivity contribution in [3.05, 3.63) is 59.2 Å². The minimum absolute atomic E-state index is 0.0389. The van der Waals surface area contributed by atoms with Gasteiger partial charge in [-0.15, -0.1) is 0 Å². The fourth-order valence-electron chi connectivity index (χ4n) is 2.84. The highest BCUT2D eigenvalue weighted by molar-refractivity contribution is 7.89. The number of amides is 1. The smallest absolute Gasteiger partial charge is 0.325 e. The summed E-state index contributed by atoms with van der Waals surface area (Å²) in [6, 6.07) is 8.99. The lowest BCUT2D eigenvalue weighted by atomic mass is 10.0. The SMILES string of the molecule is C[C@H]1C(=O)Nc2ccc(S(=O)(=O)NCCc3ccc(C(F)(F)F)cc3)cc21. The molecule has 0 unspecified atom stereocenters. The van der Waals surface area contributed by atoms with Crippen LogP contribution in [0.1, 0.15) is 29.5 Å². The summed E-state index contributed by atoms with van der Waals surface area (Å²) in [6.45, 7) is 1.73. The summed E-state index contributed by atoms with van der Waals surface area (Å²) >= 11 is 0. The van der Waals surface area contributed by atoms with Crippen LogP contribution in [-0.4, -0.2) is 20.9 Å². The molecule has 0 bridgehead atoms. The fraction of sp³-hybridized carbons (Fsp3) is 0.278. The second kappa shape index (κ2) is 6.97. The molecule has 3 rings (SSSR count). The van der Waals surface area contributed by atoms with E-state index in [1.54, 1.807) is 13.0 Å². The van der Waals surface area contributed by atoms with Crippen LogP contribution in [0.25, 0.3) is 0 Å². The molecule has 0 saturated carbocycles. The summed E-state index contributed by atoms with van der Waals surface area (Å²) < 4.78 is 64.9. The standard InChI is InChI=1S/C18H17F3N2O3S/c1-11-15-10-14(6-7-16(15)23-17(11)24)27(25,26)22-9-8-12-2-4-13(5-3-12)18(19,20)21/h2-7,10-11,22H,8-9H2,1H3,(H,23,24)/t11-/m1/s1. The molecule has 0 aliphatic carbocycles. The number of hydrogen-bond acceptors (Lipinski definition) is 3. The van der Waals surface area contributed by atoms with Gasteiger partial charge in [0.25, 0.3) is 0 Å². The van der Waals surface area contributed by atoms with E-state index in [0.29, 0.717) is 16.8 Å². The van der Waals surface area contributed by atoms with Gasteiger partial charge in [-0.25, -0.2) is 13.1 Å². The molecule has 1 atom stereocenters. The molecule has 1 aliphatic heterocycles. The normalized spacial score (nSPS) is 16.9. The van der Waals surface area contributed by atoms with Crippen LogP contribution in [0.3, 0.4) is 0 Å². The number of halogens is 3. The molecular formula is C18H17F3N2O3S. The number of hydrogen-bond donors (Lipinski definition) is 2. The predicted octanol–water partition coefficient (Wildman–Crippen LogP) is 3.28. The van der Waals surface area contributed by atoms with Crippen molar-refractivity contribution >= 4 is 21.6 Å². The third-order valence-corrected chi connectivity index (χ3v) is 5.90. The highest BCUT2D eigenvalue weighted by Crippen LogP contribution is 2.33. The lowest BCUT2D eigenvalue weighted by Crippen LogP contribution is -2.26. The van der Waals surface area contributed by atoms with E-state index in [1.807, 2.05) is 0 Å². The van der Waals surface area contributed by atoms with Crippen LogP contribution in [0.2, 0.25) is 0 Å². The third-order valence-electron chi connectivity index (χ3n) is 4.44. The number of carbonyl (C=O) groups excluding carboxylic acids is 1. The molecule has 1 heterocycles. The van der Waals surface area contributed by atoms with E-state index in [0.717, 1.165) is 12.1 Å². The summed E-state index contributed by atoms with van der Waals surface area (Å²) in [6.07, 6.45) is -4.15. The number of sulfonamides is 1. The fourth-order valence-corrected chi connectivity index (χ4v) is 3.90. The first-order valence-corrected chi connectivity index (χ1v) is 9.67. The molecule has 9 heteroatoms. The molecule has 0 fully saturated rings. The first-order chi connectivity index (χ1) is 12.6. The summed E-state index contributed by atoms with van der Waals surface area (Å²) in [4.78, 5) is 11.7. The van der Waals surface area contributed by atoms with Gasteiger partial charge in [0.05, 0.1) is 16.4 Å². The number of alkyl halides is 3. The Bertz CT molecular complexity index is 970. The zero-order chi connectivity index (χ0) is 19.8. The Morgan fingerprint density at radius 3 is 2.41 bits per heavy atom. The summed E-state index contributed by atoms with van der Waals surface area (Å²) in [5.41, 5.74) is 1.05. The lowest BCUT2D eigenvalue weighted by molar-refractivity contribution is -0.137. The second-order valence-corrected chi connectivity index (χ2v) is 8.07. The predicted molar refractivity (Wildman–Crippen MR) is 93.8 cm³/mol. The quantitative estimate of drug-likeness (QED) is 0.812. The molecular weight excluding hydrogens is 381 g/mol. The van der Waals surface area contributed by atoms with Crippen molar-refractivity contribution in [2.45, 2.75) is 30.3 Å². The van der Waals surface area contributed by atoms with Crippen LogP contribution in [0.15, 0.2) is 47.4 Å². The average Bonchev–Trinajstić information content (AvgIpc) is 2.88. The minimum atomic E-state index is -4.40. The van der Waals surface area contributed by atoms with Crippen LogP contribution in [0.5, 0.6) is 0 Å². The number of rotatable bonds is 5. The van der Waals surface area contributed by atoms with Crippen LogP contribution in [-0.2, 0) is 27.4 Å². The molecule has 1 aliphatic rings. The number of fused-ring (bicyclic) bond motifs is 1. The van der Waals surface area contributed by atoms with Crippen molar-refractivity contribution in [3.63, 3.8) is 0 Å². The van der Waals surface area contributed by atoms with Gasteiger partial charge >= 0.3 is 6.18 Å². The number of carbonyl (C=O) groups is 1. The molecule has 2 N–H and O–H groups in total. The van der Waals surface area contributed by atoms with Gasteiger partial charge in [0, 0.05) is 12.2 Å². The lowest BCUT2D eigenvalue weighted by Gasteiger charge is -2.10. The van der Waals surface area contributed by atoms with Crippen LogP contribution >= 0.6 is 0 Å². The largest absolute Gasteiger partial charge is 0.416 e. The van der Waals surface area contributed by atoms with Crippen molar-refractivity contribution in [2.75, 3.05) is 11.9 Å². The highest BCUT2D eigenvalue weighted by Gasteiger charge is 2.30. The third kappa shape index (κ3) is 4.14.